The summed E-state index contributed by atoms with van der Waals surface area (Å²) in [6.07, 6.45) is -2.81. The van der Waals surface area contributed by atoms with Gasteiger partial charge < -0.3 is 15.5 Å². The van der Waals surface area contributed by atoms with Gasteiger partial charge in [0.05, 0.1) is 5.69 Å². The summed E-state index contributed by atoms with van der Waals surface area (Å²) in [5, 5.41) is 5.57. The lowest BCUT2D eigenvalue weighted by molar-refractivity contribution is -0.137. The highest BCUT2D eigenvalue weighted by atomic mass is 127. The molecule has 3 aromatic rings. The molecule has 0 saturated carbocycles. The second-order valence-electron chi connectivity index (χ2n) is 7.80. The Morgan fingerprint density at radius 2 is 1.77 bits per heavy atom. The highest BCUT2D eigenvalue weighted by Gasteiger charge is 2.35. The fourth-order valence-corrected chi connectivity index (χ4v) is 4.09. The molecule has 2 N–H and O–H groups in total. The highest BCUT2D eigenvalue weighted by Crippen LogP contribution is 2.37. The predicted octanol–water partition coefficient (Wildman–Crippen LogP) is 5.50. The molecule has 1 saturated heterocycles. The van der Waals surface area contributed by atoms with Gasteiger partial charge in [-0.05, 0) is 36.4 Å². The third-order valence-corrected chi connectivity index (χ3v) is 6.34. The molecule has 1 aliphatic heterocycles. The van der Waals surface area contributed by atoms with E-state index in [1.165, 1.54) is 12.1 Å². The molecule has 0 bridgehead atoms. The van der Waals surface area contributed by atoms with Gasteiger partial charge >= 0.3 is 6.18 Å². The lowest BCUT2D eigenvalue weighted by Crippen LogP contribution is -2.42. The average Bonchev–Trinajstić information content (AvgIpc) is 2.84. The monoisotopic (exact) mass is 594 g/mol. The zero-order valence-electron chi connectivity index (χ0n) is 18.5. The Bertz CT molecular complexity index is 1230. The molecular weight excluding hydrogens is 572 g/mol. The maximum absolute atomic E-state index is 13.8. The number of halogens is 4. The lowest BCUT2D eigenvalue weighted by atomic mass is 10.1. The maximum atomic E-state index is 13.8. The van der Waals surface area contributed by atoms with Gasteiger partial charge in [0.1, 0.15) is 5.56 Å². The van der Waals surface area contributed by atoms with E-state index >= 15 is 0 Å². The molecule has 35 heavy (non-hydrogen) atoms. The minimum atomic E-state index is -4.66. The molecule has 1 amide bonds. The second-order valence-corrected chi connectivity index (χ2v) is 9.16. The number of piperazine rings is 1. The van der Waals surface area contributed by atoms with Gasteiger partial charge in [-0.25, -0.2) is 13.1 Å². The summed E-state index contributed by atoms with van der Waals surface area (Å²) in [6, 6.07) is 13.7. The number of anilines is 4. The molecule has 1 fully saturated rings. The van der Waals surface area contributed by atoms with Crippen molar-refractivity contribution in [2.45, 2.75) is 6.18 Å². The SMILES string of the molecule is C=CC(=O)Nc1cccc(-c2nc(Nc3cccc(N4CCN(I)CC4)c3)ncc2C(F)(F)F)c1. The smallest absolute Gasteiger partial charge is 0.369 e. The molecule has 1 aliphatic rings. The Morgan fingerprint density at radius 1 is 1.06 bits per heavy atom. The van der Waals surface area contributed by atoms with Crippen LogP contribution in [-0.2, 0) is 11.0 Å². The number of rotatable bonds is 6. The number of nitrogens with one attached hydrogen (secondary N) is 2. The van der Waals surface area contributed by atoms with Crippen LogP contribution in [0.15, 0.2) is 67.4 Å². The van der Waals surface area contributed by atoms with Crippen molar-refractivity contribution in [3.05, 3.63) is 72.9 Å². The minimum Gasteiger partial charge on any atom is -0.369 e. The standard InChI is InChI=1S/C24H22F3IN6O/c1-2-21(35)30-17-6-3-5-16(13-17)22-20(24(25,26)27)15-29-23(32-22)31-18-7-4-8-19(14-18)33-9-11-34(28)12-10-33/h2-8,13-15H,1,9-12H2,(H,30,35)(H,29,31,32). The summed E-state index contributed by atoms with van der Waals surface area (Å²) in [5.74, 6) is -0.439. The molecule has 0 unspecified atom stereocenters. The predicted molar refractivity (Wildman–Crippen MR) is 139 cm³/mol. The molecule has 0 aliphatic carbocycles. The summed E-state index contributed by atoms with van der Waals surface area (Å²) in [7, 11) is 0. The van der Waals surface area contributed by atoms with E-state index in [0.29, 0.717) is 11.4 Å². The molecule has 11 heteroatoms. The van der Waals surface area contributed by atoms with Gasteiger partial charge in [-0.15, -0.1) is 0 Å². The van der Waals surface area contributed by atoms with Crippen molar-refractivity contribution in [3.63, 3.8) is 0 Å². The van der Waals surface area contributed by atoms with Crippen LogP contribution in [-0.4, -0.2) is 45.2 Å². The Morgan fingerprint density at radius 3 is 2.49 bits per heavy atom. The van der Waals surface area contributed by atoms with Crippen LogP contribution in [0.3, 0.4) is 0 Å². The summed E-state index contributed by atoms with van der Waals surface area (Å²) >= 11 is 2.31. The van der Waals surface area contributed by atoms with Crippen LogP contribution in [0.5, 0.6) is 0 Å². The van der Waals surface area contributed by atoms with Gasteiger partial charge in [-0.3, -0.25) is 4.79 Å². The molecule has 7 nitrogen and oxygen atoms in total. The lowest BCUT2D eigenvalue weighted by Gasteiger charge is -2.33. The van der Waals surface area contributed by atoms with E-state index < -0.39 is 17.6 Å². The largest absolute Gasteiger partial charge is 0.419 e. The number of nitrogens with zero attached hydrogens (tertiary/aromatic N) is 4. The minimum absolute atomic E-state index is 0.0303. The zero-order chi connectivity index (χ0) is 25.0. The second kappa shape index (κ2) is 10.6. The van der Waals surface area contributed by atoms with Crippen LogP contribution in [0.25, 0.3) is 11.3 Å². The van der Waals surface area contributed by atoms with Gasteiger partial charge in [-0.2, -0.15) is 13.2 Å². The highest BCUT2D eigenvalue weighted by molar-refractivity contribution is 14.1. The summed E-state index contributed by atoms with van der Waals surface area (Å²) in [4.78, 5) is 22.0. The number of benzene rings is 2. The van der Waals surface area contributed by atoms with Crippen molar-refractivity contribution in [2.24, 2.45) is 0 Å². The van der Waals surface area contributed by atoms with Crippen molar-refractivity contribution < 1.29 is 18.0 Å². The summed E-state index contributed by atoms with van der Waals surface area (Å²) in [6.45, 7) is 7.02. The van der Waals surface area contributed by atoms with Crippen LogP contribution < -0.4 is 15.5 Å². The maximum Gasteiger partial charge on any atom is 0.419 e. The van der Waals surface area contributed by atoms with Crippen molar-refractivity contribution >= 4 is 51.8 Å². The first-order chi connectivity index (χ1) is 16.7. The fourth-order valence-electron chi connectivity index (χ4n) is 3.66. The van der Waals surface area contributed by atoms with Gasteiger partial charge in [-0.1, -0.05) is 24.8 Å². The van der Waals surface area contributed by atoms with E-state index in [4.69, 9.17) is 0 Å². The first-order valence-corrected chi connectivity index (χ1v) is 11.7. The van der Waals surface area contributed by atoms with Crippen LogP contribution in [0, 0.1) is 0 Å². The third kappa shape index (κ3) is 6.28. The van der Waals surface area contributed by atoms with Crippen molar-refractivity contribution in [1.82, 2.24) is 13.1 Å². The van der Waals surface area contributed by atoms with E-state index in [-0.39, 0.29) is 17.2 Å². The van der Waals surface area contributed by atoms with E-state index in [2.05, 4.69) is 58.1 Å². The van der Waals surface area contributed by atoms with Crippen LogP contribution in [0.1, 0.15) is 5.56 Å². The van der Waals surface area contributed by atoms with Gasteiger partial charge in [0.15, 0.2) is 0 Å². The summed E-state index contributed by atoms with van der Waals surface area (Å²) < 4.78 is 43.5. The number of carbonyl (C=O) groups is 1. The molecule has 0 radical (unpaired) electrons. The van der Waals surface area contributed by atoms with E-state index in [1.807, 2.05) is 24.3 Å². The van der Waals surface area contributed by atoms with E-state index in [1.54, 1.807) is 12.1 Å². The fraction of sp³-hybridized carbons (Fsp3) is 0.208. The number of amides is 1. The van der Waals surface area contributed by atoms with Crippen LogP contribution >= 0.6 is 22.9 Å². The van der Waals surface area contributed by atoms with Crippen molar-refractivity contribution in [2.75, 3.05) is 41.7 Å². The van der Waals surface area contributed by atoms with Crippen LogP contribution in [0.4, 0.5) is 36.2 Å². The first-order valence-electron chi connectivity index (χ1n) is 10.7. The Balaban J connectivity index is 1.64. The molecule has 182 valence electrons. The topological polar surface area (TPSA) is 73.4 Å². The van der Waals surface area contributed by atoms with Gasteiger partial charge in [0.2, 0.25) is 11.9 Å². The van der Waals surface area contributed by atoms with Crippen molar-refractivity contribution in [1.29, 1.82) is 0 Å². The van der Waals surface area contributed by atoms with E-state index in [0.717, 1.165) is 44.1 Å². The number of aromatic nitrogens is 2. The Labute approximate surface area is 214 Å². The molecule has 4 rings (SSSR count). The summed E-state index contributed by atoms with van der Waals surface area (Å²) in [5.41, 5.74) is 0.928. The number of carbonyl (C=O) groups excluding carboxylic acids is 1. The van der Waals surface area contributed by atoms with Gasteiger partial charge in [0.25, 0.3) is 0 Å². The molecule has 2 heterocycles. The zero-order valence-corrected chi connectivity index (χ0v) is 20.7. The van der Waals surface area contributed by atoms with E-state index in [9.17, 15) is 18.0 Å². The average molecular weight is 594 g/mol. The van der Waals surface area contributed by atoms with Crippen molar-refractivity contribution in [3.8, 4) is 11.3 Å². The molecule has 2 aromatic carbocycles. The third-order valence-electron chi connectivity index (χ3n) is 5.38. The number of hydrogen-bond donors (Lipinski definition) is 2. The Kier molecular flexibility index (Phi) is 7.55. The number of hydrogen-bond acceptors (Lipinski definition) is 6. The first kappa shape index (κ1) is 24.9. The Hall–Kier alpha value is -3.19. The quantitative estimate of drug-likeness (QED) is 0.223. The van der Waals surface area contributed by atoms with Crippen LogP contribution in [0.2, 0.25) is 0 Å². The van der Waals surface area contributed by atoms with Gasteiger partial charge in [0, 0.05) is 77.9 Å². The molecular formula is C24H22F3IN6O. The number of alkyl halides is 3. The molecule has 0 spiro atoms. The molecule has 0 atom stereocenters. The molecule has 1 aromatic heterocycles. The normalized spacial score (nSPS) is 14.5.